The Balaban J connectivity index is 1.85. The average molecular weight is 355 g/mol. The highest BCUT2D eigenvalue weighted by molar-refractivity contribution is 6.32. The Hall–Kier alpha value is -2.57. The molecule has 0 heterocycles. The minimum absolute atomic E-state index is 0.0874. The van der Waals surface area contributed by atoms with Gasteiger partial charge in [0.1, 0.15) is 0 Å². The van der Waals surface area contributed by atoms with Crippen molar-refractivity contribution in [3.05, 3.63) is 95.0 Å². The molecule has 126 valence electrons. The summed E-state index contributed by atoms with van der Waals surface area (Å²) < 4.78 is 0. The molecule has 4 aromatic rings. The maximum Gasteiger partial charge on any atom is 0.0453 e. The fourth-order valence-electron chi connectivity index (χ4n) is 4.45. The highest BCUT2D eigenvalue weighted by atomic mass is 35.5. The van der Waals surface area contributed by atoms with E-state index in [1.165, 1.54) is 44.2 Å². The molecule has 1 heteroatoms. The summed E-state index contributed by atoms with van der Waals surface area (Å²) in [5, 5.41) is 3.38. The van der Waals surface area contributed by atoms with Crippen molar-refractivity contribution < 1.29 is 0 Å². The van der Waals surface area contributed by atoms with Crippen molar-refractivity contribution in [1.82, 2.24) is 0 Å². The highest BCUT2D eigenvalue weighted by Gasteiger charge is 2.38. The summed E-state index contributed by atoms with van der Waals surface area (Å²) in [6.45, 7) is 4.54. The summed E-state index contributed by atoms with van der Waals surface area (Å²) in [7, 11) is 0. The first kappa shape index (κ1) is 15.7. The third-order valence-electron chi connectivity index (χ3n) is 5.71. The van der Waals surface area contributed by atoms with Crippen molar-refractivity contribution in [1.29, 1.82) is 0 Å². The zero-order valence-corrected chi connectivity index (χ0v) is 15.6. The lowest BCUT2D eigenvalue weighted by Gasteiger charge is -2.23. The van der Waals surface area contributed by atoms with E-state index < -0.39 is 0 Å². The normalized spacial score (nSPS) is 14.3. The Labute approximate surface area is 159 Å². The lowest BCUT2D eigenvalue weighted by molar-refractivity contribution is 0.661. The van der Waals surface area contributed by atoms with Gasteiger partial charge in [-0.15, -0.1) is 0 Å². The largest absolute Gasteiger partial charge is 0.0840 e. The number of halogens is 1. The second kappa shape index (κ2) is 5.46. The van der Waals surface area contributed by atoms with Crippen LogP contribution >= 0.6 is 11.6 Å². The molecule has 0 aromatic heterocycles. The lowest BCUT2D eigenvalue weighted by Crippen LogP contribution is -2.15. The smallest absolute Gasteiger partial charge is 0.0453 e. The maximum atomic E-state index is 6.70. The second-order valence-corrected chi connectivity index (χ2v) is 7.98. The fraction of sp³-hybridized carbons (Fsp3) is 0.120. The molecule has 0 saturated heterocycles. The molecule has 0 spiro atoms. The first-order chi connectivity index (χ1) is 12.6. The van der Waals surface area contributed by atoms with Crippen molar-refractivity contribution in [2.75, 3.05) is 0 Å². The molecular formula is C25H19Cl. The fourth-order valence-corrected chi connectivity index (χ4v) is 4.84. The van der Waals surface area contributed by atoms with Gasteiger partial charge in [-0.3, -0.25) is 0 Å². The molecule has 0 fully saturated rings. The van der Waals surface area contributed by atoms with Crippen LogP contribution in [0.5, 0.6) is 0 Å². The molecule has 0 aliphatic heterocycles. The van der Waals surface area contributed by atoms with E-state index in [0.717, 1.165) is 5.02 Å². The van der Waals surface area contributed by atoms with Crippen LogP contribution in [0.2, 0.25) is 5.02 Å². The molecule has 1 aliphatic rings. The molecule has 0 unspecified atom stereocenters. The summed E-state index contributed by atoms with van der Waals surface area (Å²) in [5.74, 6) is 0. The number of hydrogen-bond acceptors (Lipinski definition) is 0. The SMILES string of the molecule is CC1(C)c2ccccc2-c2c(-c3ccc4ccccc4c3)ccc(Cl)c21. The van der Waals surface area contributed by atoms with E-state index in [1.807, 2.05) is 0 Å². The zero-order valence-electron chi connectivity index (χ0n) is 14.9. The van der Waals surface area contributed by atoms with Gasteiger partial charge in [0.2, 0.25) is 0 Å². The third-order valence-corrected chi connectivity index (χ3v) is 6.02. The van der Waals surface area contributed by atoms with Gasteiger partial charge in [-0.05, 0) is 56.3 Å². The number of rotatable bonds is 1. The van der Waals surface area contributed by atoms with Crippen LogP contribution < -0.4 is 0 Å². The summed E-state index contributed by atoms with van der Waals surface area (Å²) in [5.41, 5.74) is 7.59. The predicted molar refractivity (Wildman–Crippen MR) is 112 cm³/mol. The molecule has 1 aliphatic carbocycles. The van der Waals surface area contributed by atoms with E-state index >= 15 is 0 Å². The lowest BCUT2D eigenvalue weighted by atomic mass is 9.82. The summed E-state index contributed by atoms with van der Waals surface area (Å²) in [4.78, 5) is 0. The Morgan fingerprint density at radius 1 is 0.692 bits per heavy atom. The molecule has 0 radical (unpaired) electrons. The Bertz CT molecular complexity index is 1170. The van der Waals surface area contributed by atoms with Gasteiger partial charge in [0.05, 0.1) is 0 Å². The van der Waals surface area contributed by atoms with Gasteiger partial charge < -0.3 is 0 Å². The summed E-state index contributed by atoms with van der Waals surface area (Å²) in [6, 6.07) is 28.1. The standard InChI is InChI=1S/C25H19Cl/c1-25(2)21-10-6-5-9-20(21)23-19(13-14-22(26)24(23)25)18-12-11-16-7-3-4-8-17(16)15-18/h3-15H,1-2H3. The molecule has 0 N–H and O–H groups in total. The predicted octanol–water partition coefficient (Wildman–Crippen LogP) is 7.47. The molecule has 0 bridgehead atoms. The first-order valence-electron chi connectivity index (χ1n) is 8.99. The van der Waals surface area contributed by atoms with Gasteiger partial charge in [0.15, 0.2) is 0 Å². The zero-order chi connectivity index (χ0) is 17.9. The topological polar surface area (TPSA) is 0 Å². The molecule has 0 atom stereocenters. The van der Waals surface area contributed by atoms with Gasteiger partial charge in [-0.25, -0.2) is 0 Å². The van der Waals surface area contributed by atoms with Gasteiger partial charge in [-0.2, -0.15) is 0 Å². The average Bonchev–Trinajstić information content (AvgIpc) is 2.91. The van der Waals surface area contributed by atoms with Crippen LogP contribution in [0, 0.1) is 0 Å². The Morgan fingerprint density at radius 2 is 1.42 bits per heavy atom. The quantitative estimate of drug-likeness (QED) is 0.332. The van der Waals surface area contributed by atoms with Crippen LogP contribution in [0.1, 0.15) is 25.0 Å². The molecule has 0 nitrogen and oxygen atoms in total. The molecular weight excluding hydrogens is 336 g/mol. The van der Waals surface area contributed by atoms with Crippen LogP contribution in [0.15, 0.2) is 78.9 Å². The minimum atomic E-state index is -0.0874. The van der Waals surface area contributed by atoms with Crippen molar-refractivity contribution in [2.24, 2.45) is 0 Å². The third kappa shape index (κ3) is 2.09. The van der Waals surface area contributed by atoms with Crippen molar-refractivity contribution in [3.63, 3.8) is 0 Å². The number of hydrogen-bond donors (Lipinski definition) is 0. The van der Waals surface area contributed by atoms with E-state index in [1.54, 1.807) is 0 Å². The van der Waals surface area contributed by atoms with Gasteiger partial charge in [0, 0.05) is 10.4 Å². The Kier molecular flexibility index (Phi) is 3.29. The number of benzene rings is 4. The molecule has 5 rings (SSSR count). The van der Waals surface area contributed by atoms with E-state index in [9.17, 15) is 0 Å². The van der Waals surface area contributed by atoms with Crippen molar-refractivity contribution >= 4 is 22.4 Å². The molecule has 4 aromatic carbocycles. The first-order valence-corrected chi connectivity index (χ1v) is 9.37. The summed E-state index contributed by atoms with van der Waals surface area (Å²) >= 11 is 6.70. The second-order valence-electron chi connectivity index (χ2n) is 7.58. The van der Waals surface area contributed by atoms with Gasteiger partial charge in [0.25, 0.3) is 0 Å². The van der Waals surface area contributed by atoms with Crippen molar-refractivity contribution in [2.45, 2.75) is 19.3 Å². The van der Waals surface area contributed by atoms with Gasteiger partial charge in [-0.1, -0.05) is 92.2 Å². The number of fused-ring (bicyclic) bond motifs is 4. The molecule has 0 saturated carbocycles. The van der Waals surface area contributed by atoms with Crippen LogP contribution in [0.3, 0.4) is 0 Å². The Morgan fingerprint density at radius 3 is 2.27 bits per heavy atom. The van der Waals surface area contributed by atoms with Crippen molar-refractivity contribution in [3.8, 4) is 22.3 Å². The molecule has 0 amide bonds. The minimum Gasteiger partial charge on any atom is -0.0840 e. The van der Waals surface area contributed by atoms with E-state index in [4.69, 9.17) is 11.6 Å². The monoisotopic (exact) mass is 354 g/mol. The van der Waals surface area contributed by atoms with Crippen LogP contribution in [0.25, 0.3) is 33.0 Å². The maximum absolute atomic E-state index is 6.70. The van der Waals surface area contributed by atoms with Crippen LogP contribution in [-0.2, 0) is 5.41 Å². The van der Waals surface area contributed by atoms with E-state index in [2.05, 4.69) is 92.7 Å². The van der Waals surface area contributed by atoms with E-state index in [-0.39, 0.29) is 5.41 Å². The van der Waals surface area contributed by atoms with E-state index in [0.29, 0.717) is 0 Å². The highest BCUT2D eigenvalue weighted by Crippen LogP contribution is 2.54. The van der Waals surface area contributed by atoms with Gasteiger partial charge >= 0.3 is 0 Å². The molecule has 26 heavy (non-hydrogen) atoms. The van der Waals surface area contributed by atoms with Crippen LogP contribution in [0.4, 0.5) is 0 Å². The van der Waals surface area contributed by atoms with Crippen LogP contribution in [-0.4, -0.2) is 0 Å². The summed E-state index contributed by atoms with van der Waals surface area (Å²) in [6.07, 6.45) is 0.